The van der Waals surface area contributed by atoms with Gasteiger partial charge in [-0.3, -0.25) is 4.79 Å². The van der Waals surface area contributed by atoms with Gasteiger partial charge in [0.2, 0.25) is 0 Å². The van der Waals surface area contributed by atoms with E-state index in [0.717, 1.165) is 17.3 Å². The van der Waals surface area contributed by atoms with Gasteiger partial charge in [0, 0.05) is 6.92 Å². The summed E-state index contributed by atoms with van der Waals surface area (Å²) in [7, 11) is 1.46. The monoisotopic (exact) mass is 453 g/mol. The normalized spacial score (nSPS) is 15.9. The number of benzene rings is 2. The first-order valence-corrected chi connectivity index (χ1v) is 10.7. The first kappa shape index (κ1) is 23.1. The molecule has 2 aromatic carbocycles. The van der Waals surface area contributed by atoms with E-state index in [2.05, 4.69) is 4.99 Å². The number of aliphatic hydroxyl groups excluding tert-OH is 1. The van der Waals surface area contributed by atoms with Gasteiger partial charge >= 0.3 is 11.9 Å². The molecule has 0 aromatic heterocycles. The third kappa shape index (κ3) is 5.39. The molecule has 0 saturated carbocycles. The van der Waals surface area contributed by atoms with E-state index in [-0.39, 0.29) is 23.7 Å². The van der Waals surface area contributed by atoms with Crippen LogP contribution in [0.25, 0.3) is 6.08 Å². The second-order valence-electron chi connectivity index (χ2n) is 6.81. The summed E-state index contributed by atoms with van der Waals surface area (Å²) in [4.78, 5) is 28.8. The van der Waals surface area contributed by atoms with Crippen molar-refractivity contribution in [1.82, 2.24) is 0 Å². The highest BCUT2D eigenvalue weighted by Gasteiger charge is 2.33. The molecule has 1 heterocycles. The number of aliphatic imine (C=N–C) groups is 1. The van der Waals surface area contributed by atoms with Crippen LogP contribution in [0, 0.1) is 6.92 Å². The Kier molecular flexibility index (Phi) is 7.37. The molecule has 0 fully saturated rings. The fourth-order valence-electron chi connectivity index (χ4n) is 2.89. The SMILES string of the molecule is CCOC(=O)C1=C(O)C(=Cc2ccc(OC(C)=O)c(OC)c2)SC1=Nc1ccc(C)cc1. The van der Waals surface area contributed by atoms with Crippen molar-refractivity contribution in [2.75, 3.05) is 13.7 Å². The number of carbonyl (C=O) groups excluding carboxylic acids is 2. The van der Waals surface area contributed by atoms with E-state index >= 15 is 0 Å². The second-order valence-corrected chi connectivity index (χ2v) is 7.84. The fraction of sp³-hybridized carbons (Fsp3) is 0.208. The van der Waals surface area contributed by atoms with Crippen LogP contribution >= 0.6 is 11.8 Å². The summed E-state index contributed by atoms with van der Waals surface area (Å²) in [6, 6.07) is 12.5. The largest absolute Gasteiger partial charge is 0.506 e. The number of hydrogen-bond acceptors (Lipinski definition) is 8. The van der Waals surface area contributed by atoms with Crippen molar-refractivity contribution >= 4 is 40.5 Å². The van der Waals surface area contributed by atoms with Gasteiger partial charge in [0.1, 0.15) is 16.4 Å². The summed E-state index contributed by atoms with van der Waals surface area (Å²) in [6.45, 7) is 5.14. The molecule has 2 aromatic rings. The predicted octanol–water partition coefficient (Wildman–Crippen LogP) is 5.12. The topological polar surface area (TPSA) is 94.4 Å². The Morgan fingerprint density at radius 3 is 2.47 bits per heavy atom. The summed E-state index contributed by atoms with van der Waals surface area (Å²) in [5.41, 5.74) is 2.43. The summed E-state index contributed by atoms with van der Waals surface area (Å²) >= 11 is 1.16. The molecule has 166 valence electrons. The number of esters is 2. The maximum absolute atomic E-state index is 12.5. The van der Waals surface area contributed by atoms with Gasteiger partial charge in [-0.2, -0.15) is 0 Å². The smallest absolute Gasteiger partial charge is 0.344 e. The van der Waals surface area contributed by atoms with Crippen molar-refractivity contribution in [3.05, 3.63) is 69.8 Å². The number of ether oxygens (including phenoxy) is 3. The van der Waals surface area contributed by atoms with Gasteiger partial charge in [0.15, 0.2) is 11.5 Å². The zero-order valence-corrected chi connectivity index (χ0v) is 19.0. The zero-order valence-electron chi connectivity index (χ0n) is 18.2. The first-order chi connectivity index (χ1) is 15.3. The molecule has 0 radical (unpaired) electrons. The molecule has 1 N–H and O–H groups in total. The molecule has 32 heavy (non-hydrogen) atoms. The van der Waals surface area contributed by atoms with Crippen molar-refractivity contribution in [2.45, 2.75) is 20.8 Å². The minimum atomic E-state index is -0.644. The van der Waals surface area contributed by atoms with Gasteiger partial charge in [-0.15, -0.1) is 0 Å². The van der Waals surface area contributed by atoms with Crippen LogP contribution in [0.3, 0.4) is 0 Å². The Balaban J connectivity index is 2.01. The fourth-order valence-corrected chi connectivity index (χ4v) is 3.93. The quantitative estimate of drug-likeness (QED) is 0.479. The minimum Gasteiger partial charge on any atom is -0.506 e. The molecule has 0 aliphatic carbocycles. The molecule has 0 amide bonds. The number of aliphatic hydroxyl groups is 1. The number of nitrogens with zero attached hydrogens (tertiary/aromatic N) is 1. The van der Waals surface area contributed by atoms with Crippen LogP contribution < -0.4 is 9.47 Å². The average Bonchev–Trinajstić information content (AvgIpc) is 3.05. The third-order valence-corrected chi connectivity index (χ3v) is 5.39. The summed E-state index contributed by atoms with van der Waals surface area (Å²) in [5.74, 6) is -0.663. The van der Waals surface area contributed by atoms with Crippen molar-refractivity contribution in [2.24, 2.45) is 4.99 Å². The Bertz CT molecular complexity index is 1130. The number of rotatable bonds is 6. The highest BCUT2D eigenvalue weighted by molar-refractivity contribution is 8.18. The summed E-state index contributed by atoms with van der Waals surface area (Å²) in [5, 5.41) is 11.2. The molecule has 7 nitrogen and oxygen atoms in total. The van der Waals surface area contributed by atoms with Crippen LogP contribution in [0.5, 0.6) is 11.5 Å². The minimum absolute atomic E-state index is 0.0205. The Labute approximate surface area is 190 Å². The van der Waals surface area contributed by atoms with Crippen molar-refractivity contribution in [3.8, 4) is 11.5 Å². The number of methoxy groups -OCH3 is 1. The van der Waals surface area contributed by atoms with E-state index in [4.69, 9.17) is 14.2 Å². The molecule has 8 heteroatoms. The molecule has 0 unspecified atom stereocenters. The average molecular weight is 454 g/mol. The lowest BCUT2D eigenvalue weighted by atomic mass is 10.1. The van der Waals surface area contributed by atoms with Crippen LogP contribution in [-0.4, -0.2) is 35.8 Å². The van der Waals surface area contributed by atoms with Crippen LogP contribution in [0.4, 0.5) is 5.69 Å². The maximum atomic E-state index is 12.5. The molecular formula is C24H23NO6S. The molecular weight excluding hydrogens is 430 g/mol. The molecule has 3 rings (SSSR count). The van der Waals surface area contributed by atoms with Gasteiger partial charge in [-0.05, 0) is 49.8 Å². The van der Waals surface area contributed by atoms with Gasteiger partial charge in [-0.1, -0.05) is 35.5 Å². The molecule has 0 saturated heterocycles. The van der Waals surface area contributed by atoms with Crippen molar-refractivity contribution < 1.29 is 28.9 Å². The van der Waals surface area contributed by atoms with Gasteiger partial charge in [-0.25, -0.2) is 9.79 Å². The zero-order chi connectivity index (χ0) is 23.3. The van der Waals surface area contributed by atoms with Crippen molar-refractivity contribution in [3.63, 3.8) is 0 Å². The van der Waals surface area contributed by atoms with E-state index in [1.54, 1.807) is 31.2 Å². The standard InChI is InChI=1S/C24H23NO6S/c1-5-30-24(28)21-22(27)20(32-23(21)25-17-9-6-14(2)7-10-17)13-16-8-11-18(31-15(3)26)19(12-16)29-4/h6-13,27H,5H2,1-4H3. The summed E-state index contributed by atoms with van der Waals surface area (Å²) < 4.78 is 15.5. The van der Waals surface area contributed by atoms with Crippen molar-refractivity contribution in [1.29, 1.82) is 0 Å². The lowest BCUT2D eigenvalue weighted by Gasteiger charge is -2.08. The molecule has 1 aliphatic heterocycles. The Morgan fingerprint density at radius 1 is 1.12 bits per heavy atom. The lowest BCUT2D eigenvalue weighted by Crippen LogP contribution is -2.12. The second kappa shape index (κ2) is 10.2. The number of hydrogen-bond donors (Lipinski definition) is 1. The third-order valence-electron chi connectivity index (χ3n) is 4.37. The van der Waals surface area contributed by atoms with E-state index in [1.165, 1.54) is 14.0 Å². The van der Waals surface area contributed by atoms with Gasteiger partial charge < -0.3 is 19.3 Å². The molecule has 0 spiro atoms. The predicted molar refractivity (Wildman–Crippen MR) is 124 cm³/mol. The van der Waals surface area contributed by atoms with Gasteiger partial charge in [0.25, 0.3) is 0 Å². The van der Waals surface area contributed by atoms with E-state index in [1.807, 2.05) is 31.2 Å². The molecule has 0 atom stereocenters. The Hall–Kier alpha value is -3.52. The number of carbonyl (C=O) groups is 2. The van der Waals surface area contributed by atoms with E-state index in [9.17, 15) is 14.7 Å². The van der Waals surface area contributed by atoms with E-state index < -0.39 is 11.9 Å². The van der Waals surface area contributed by atoms with Gasteiger partial charge in [0.05, 0.1) is 24.3 Å². The molecule has 0 bridgehead atoms. The maximum Gasteiger partial charge on any atom is 0.344 e. The van der Waals surface area contributed by atoms with Crippen LogP contribution in [0.2, 0.25) is 0 Å². The highest BCUT2D eigenvalue weighted by atomic mass is 32.2. The number of thioether (sulfide) groups is 1. The van der Waals surface area contributed by atoms with E-state index in [0.29, 0.717) is 26.9 Å². The highest BCUT2D eigenvalue weighted by Crippen LogP contribution is 2.41. The van der Waals surface area contributed by atoms with Crippen LogP contribution in [0.1, 0.15) is 25.0 Å². The van der Waals surface area contributed by atoms with Crippen LogP contribution in [0.15, 0.2) is 63.7 Å². The molecule has 1 aliphatic rings. The Morgan fingerprint density at radius 2 is 1.84 bits per heavy atom. The first-order valence-electron chi connectivity index (χ1n) is 9.84. The number of aryl methyl sites for hydroxylation is 1. The lowest BCUT2D eigenvalue weighted by molar-refractivity contribution is -0.138. The summed E-state index contributed by atoms with van der Waals surface area (Å²) in [6.07, 6.45) is 1.69. The van der Waals surface area contributed by atoms with Crippen LogP contribution in [-0.2, 0) is 14.3 Å².